The van der Waals surface area contributed by atoms with E-state index in [2.05, 4.69) is 42.4 Å². The highest BCUT2D eigenvalue weighted by molar-refractivity contribution is 7.07. The Morgan fingerprint density at radius 2 is 1.93 bits per heavy atom. The molecule has 0 radical (unpaired) electrons. The number of hydrogen-bond donors (Lipinski definition) is 0. The Kier molecular flexibility index (Phi) is 6.30. The molecule has 0 aliphatic carbocycles. The van der Waals surface area contributed by atoms with Crippen molar-refractivity contribution >= 4 is 17.6 Å². The van der Waals surface area contributed by atoms with Gasteiger partial charge >= 0.3 is 0 Å². The standard InChI is InChI=1S/C23H25N3O3S/c1-16-4-5-19(17(2)12-16)14-25-26-20(15-30-23(26)24-8-9-27-3)18-6-7-21-22(13-18)29-11-10-28-21/h4-7,12-15H,8-11H2,1-3H3/b24-23?,25-14-. The van der Waals surface area contributed by atoms with E-state index in [-0.39, 0.29) is 0 Å². The largest absolute Gasteiger partial charge is 0.486 e. The number of fused-ring (bicyclic) bond motifs is 1. The van der Waals surface area contributed by atoms with Crippen LogP contribution in [0.25, 0.3) is 11.3 Å². The number of aryl methyl sites for hydroxylation is 2. The SMILES string of the molecule is COCCN=c1scc(-c2ccc3c(c2)OCCO3)n1/N=C\c1ccc(C)cc1C. The highest BCUT2D eigenvalue weighted by Gasteiger charge is 2.15. The zero-order chi connectivity index (χ0) is 20.9. The summed E-state index contributed by atoms with van der Waals surface area (Å²) in [5, 5.41) is 6.86. The van der Waals surface area contributed by atoms with Crippen LogP contribution in [0.3, 0.4) is 0 Å². The second-order valence-corrected chi connectivity index (χ2v) is 7.89. The van der Waals surface area contributed by atoms with E-state index in [0.717, 1.165) is 33.1 Å². The molecule has 0 amide bonds. The molecule has 0 bridgehead atoms. The lowest BCUT2D eigenvalue weighted by Gasteiger charge is -2.18. The van der Waals surface area contributed by atoms with Crippen LogP contribution in [0.4, 0.5) is 0 Å². The molecule has 156 valence electrons. The van der Waals surface area contributed by atoms with E-state index >= 15 is 0 Å². The molecule has 1 aromatic heterocycles. The molecular formula is C23H25N3O3S. The molecule has 0 unspecified atom stereocenters. The molecule has 2 aromatic carbocycles. The van der Waals surface area contributed by atoms with E-state index < -0.39 is 0 Å². The summed E-state index contributed by atoms with van der Waals surface area (Å²) in [6.45, 7) is 6.47. The van der Waals surface area contributed by atoms with Gasteiger partial charge in [0.15, 0.2) is 11.5 Å². The number of hydrogen-bond acceptors (Lipinski definition) is 6. The number of nitrogens with zero attached hydrogens (tertiary/aromatic N) is 3. The maximum Gasteiger partial charge on any atom is 0.206 e. The third-order valence-corrected chi connectivity index (χ3v) is 5.66. The van der Waals surface area contributed by atoms with Crippen LogP contribution >= 0.6 is 11.3 Å². The minimum Gasteiger partial charge on any atom is -0.486 e. The van der Waals surface area contributed by atoms with Crippen LogP contribution in [0.2, 0.25) is 0 Å². The van der Waals surface area contributed by atoms with Crippen molar-refractivity contribution in [3.8, 4) is 22.8 Å². The Balaban J connectivity index is 1.76. The van der Waals surface area contributed by atoms with Gasteiger partial charge in [0.25, 0.3) is 0 Å². The minimum atomic E-state index is 0.558. The van der Waals surface area contributed by atoms with E-state index in [4.69, 9.17) is 19.3 Å². The topological polar surface area (TPSA) is 57.3 Å². The molecule has 0 fully saturated rings. The molecule has 0 spiro atoms. The Morgan fingerprint density at radius 3 is 2.73 bits per heavy atom. The first kappa shape index (κ1) is 20.4. The van der Waals surface area contributed by atoms with Crippen LogP contribution in [0, 0.1) is 13.8 Å². The van der Waals surface area contributed by atoms with E-state index in [1.165, 1.54) is 11.1 Å². The first-order valence-electron chi connectivity index (χ1n) is 9.87. The molecule has 2 heterocycles. The van der Waals surface area contributed by atoms with Gasteiger partial charge in [0, 0.05) is 18.1 Å². The van der Waals surface area contributed by atoms with Crippen LogP contribution < -0.4 is 14.3 Å². The quantitative estimate of drug-likeness (QED) is 0.444. The molecule has 0 saturated heterocycles. The summed E-state index contributed by atoms with van der Waals surface area (Å²) in [5.74, 6) is 1.53. The Labute approximate surface area is 180 Å². The highest BCUT2D eigenvalue weighted by atomic mass is 32.1. The van der Waals surface area contributed by atoms with Crippen molar-refractivity contribution in [2.75, 3.05) is 33.5 Å². The molecule has 1 aliphatic heterocycles. The predicted molar refractivity (Wildman–Crippen MR) is 120 cm³/mol. The lowest BCUT2D eigenvalue weighted by molar-refractivity contribution is 0.171. The maximum atomic E-state index is 5.76. The van der Waals surface area contributed by atoms with E-state index in [1.54, 1.807) is 18.4 Å². The van der Waals surface area contributed by atoms with Crippen molar-refractivity contribution in [2.24, 2.45) is 10.1 Å². The van der Waals surface area contributed by atoms with E-state index in [9.17, 15) is 0 Å². The first-order valence-corrected chi connectivity index (χ1v) is 10.8. The number of thiazole rings is 1. The van der Waals surface area contributed by atoms with Crippen LogP contribution in [0.5, 0.6) is 11.5 Å². The number of methoxy groups -OCH3 is 1. The molecule has 7 heteroatoms. The minimum absolute atomic E-state index is 0.558. The first-order chi connectivity index (χ1) is 14.7. The summed E-state index contributed by atoms with van der Waals surface area (Å²) >= 11 is 1.56. The van der Waals surface area contributed by atoms with Crippen molar-refractivity contribution in [3.63, 3.8) is 0 Å². The Bertz CT molecular complexity index is 1130. The molecule has 6 nitrogen and oxygen atoms in total. The van der Waals surface area contributed by atoms with Gasteiger partial charge in [-0.25, -0.2) is 4.68 Å². The summed E-state index contributed by atoms with van der Waals surface area (Å²) in [6.07, 6.45) is 1.89. The number of benzene rings is 2. The van der Waals surface area contributed by atoms with Crippen molar-refractivity contribution in [1.29, 1.82) is 0 Å². The number of ether oxygens (including phenoxy) is 3. The second kappa shape index (κ2) is 9.28. The second-order valence-electron chi connectivity index (χ2n) is 7.05. The number of aromatic nitrogens is 1. The molecule has 3 aromatic rings. The fourth-order valence-electron chi connectivity index (χ4n) is 3.24. The van der Waals surface area contributed by atoms with Crippen LogP contribution in [-0.4, -0.2) is 44.4 Å². The lowest BCUT2D eigenvalue weighted by atomic mass is 10.1. The maximum absolute atomic E-state index is 5.76. The molecule has 4 rings (SSSR count). The van der Waals surface area contributed by atoms with Gasteiger partial charge in [-0.3, -0.25) is 4.99 Å². The van der Waals surface area contributed by atoms with Gasteiger partial charge in [-0.15, -0.1) is 11.3 Å². The van der Waals surface area contributed by atoms with Crippen molar-refractivity contribution in [1.82, 2.24) is 4.68 Å². The van der Waals surface area contributed by atoms with Gasteiger partial charge in [0.05, 0.1) is 25.1 Å². The molecule has 1 aliphatic rings. The molecule has 0 N–H and O–H groups in total. The Morgan fingerprint density at radius 1 is 1.10 bits per heavy atom. The smallest absolute Gasteiger partial charge is 0.206 e. The average Bonchev–Trinajstić information content (AvgIpc) is 3.16. The predicted octanol–water partition coefficient (Wildman–Crippen LogP) is 4.03. The summed E-state index contributed by atoms with van der Waals surface area (Å²) < 4.78 is 18.4. The number of rotatable bonds is 6. The van der Waals surface area contributed by atoms with E-state index in [1.807, 2.05) is 29.1 Å². The van der Waals surface area contributed by atoms with Crippen LogP contribution in [0.1, 0.15) is 16.7 Å². The zero-order valence-electron chi connectivity index (χ0n) is 17.4. The third-order valence-electron chi connectivity index (χ3n) is 4.80. The van der Waals surface area contributed by atoms with Crippen molar-refractivity contribution in [2.45, 2.75) is 13.8 Å². The van der Waals surface area contributed by atoms with Crippen LogP contribution in [0.15, 0.2) is 51.9 Å². The highest BCUT2D eigenvalue weighted by Crippen LogP contribution is 2.34. The average molecular weight is 424 g/mol. The van der Waals surface area contributed by atoms with E-state index in [0.29, 0.717) is 26.4 Å². The molecule has 0 atom stereocenters. The van der Waals surface area contributed by atoms with Gasteiger partial charge in [0.1, 0.15) is 13.2 Å². The van der Waals surface area contributed by atoms with Gasteiger partial charge in [-0.1, -0.05) is 23.8 Å². The monoisotopic (exact) mass is 423 g/mol. The summed E-state index contributed by atoms with van der Waals surface area (Å²) in [6, 6.07) is 12.3. The molecule has 30 heavy (non-hydrogen) atoms. The summed E-state index contributed by atoms with van der Waals surface area (Å²) in [4.78, 5) is 5.48. The van der Waals surface area contributed by atoms with Crippen LogP contribution in [-0.2, 0) is 4.74 Å². The van der Waals surface area contributed by atoms with Gasteiger partial charge in [-0.05, 0) is 43.2 Å². The lowest BCUT2D eigenvalue weighted by Crippen LogP contribution is -2.16. The van der Waals surface area contributed by atoms with Crippen molar-refractivity contribution < 1.29 is 14.2 Å². The molecule has 0 saturated carbocycles. The fourth-order valence-corrected chi connectivity index (χ4v) is 4.11. The van der Waals surface area contributed by atoms with Crippen molar-refractivity contribution in [3.05, 3.63) is 63.3 Å². The van der Waals surface area contributed by atoms with Gasteiger partial charge in [-0.2, -0.15) is 5.10 Å². The molecular weight excluding hydrogens is 398 g/mol. The van der Waals surface area contributed by atoms with Gasteiger partial charge in [0.2, 0.25) is 4.80 Å². The Hall–Kier alpha value is -2.90. The van der Waals surface area contributed by atoms with Gasteiger partial charge < -0.3 is 14.2 Å². The normalized spacial score (nSPS) is 13.9. The summed E-state index contributed by atoms with van der Waals surface area (Å²) in [5.41, 5.74) is 5.46. The third kappa shape index (κ3) is 4.47. The fraction of sp³-hybridized carbons (Fsp3) is 0.304. The zero-order valence-corrected chi connectivity index (χ0v) is 18.2. The summed E-state index contributed by atoms with van der Waals surface area (Å²) in [7, 11) is 1.68.